The minimum atomic E-state index is -0.259. The van der Waals surface area contributed by atoms with Crippen LogP contribution in [-0.4, -0.2) is 4.98 Å². The van der Waals surface area contributed by atoms with Gasteiger partial charge in [0.05, 0.1) is 6.20 Å². The third kappa shape index (κ3) is 1.01. The molecule has 1 fully saturated rings. The summed E-state index contributed by atoms with van der Waals surface area (Å²) in [6, 6.07) is 3.19. The van der Waals surface area contributed by atoms with Crippen LogP contribution in [0.5, 0.6) is 0 Å². The standard InChI is InChI=1S/C8H7FN/c9-7-3-4-8(10-5-7)6-1-2-6/h3-5H,1-2H2. The molecule has 0 aliphatic heterocycles. The van der Waals surface area contributed by atoms with E-state index in [1.54, 1.807) is 6.07 Å². The molecule has 1 radical (unpaired) electrons. The smallest absolute Gasteiger partial charge is 0.141 e. The molecule has 1 aromatic heterocycles. The number of nitrogens with zero attached hydrogens (tertiary/aromatic N) is 1. The molecule has 0 aromatic carbocycles. The van der Waals surface area contributed by atoms with Gasteiger partial charge in [0.15, 0.2) is 0 Å². The van der Waals surface area contributed by atoms with Crippen LogP contribution in [0.3, 0.4) is 0 Å². The normalized spacial score (nSPS) is 17.3. The van der Waals surface area contributed by atoms with Gasteiger partial charge in [0.2, 0.25) is 0 Å². The molecular weight excluding hydrogens is 129 g/mol. The Bertz CT molecular complexity index is 226. The third-order valence-electron chi connectivity index (χ3n) is 1.59. The summed E-state index contributed by atoms with van der Waals surface area (Å²) in [6.45, 7) is 0. The van der Waals surface area contributed by atoms with Gasteiger partial charge in [0.25, 0.3) is 0 Å². The van der Waals surface area contributed by atoms with Crippen LogP contribution in [0.4, 0.5) is 4.39 Å². The van der Waals surface area contributed by atoms with Gasteiger partial charge >= 0.3 is 0 Å². The Hall–Kier alpha value is -0.920. The molecule has 1 aromatic rings. The molecule has 0 bridgehead atoms. The quantitative estimate of drug-likeness (QED) is 0.575. The average Bonchev–Trinajstić information content (AvgIpc) is 2.71. The van der Waals surface area contributed by atoms with Crippen molar-refractivity contribution in [3.05, 3.63) is 35.8 Å². The van der Waals surface area contributed by atoms with Crippen molar-refractivity contribution >= 4 is 0 Å². The molecule has 0 atom stereocenters. The third-order valence-corrected chi connectivity index (χ3v) is 1.59. The van der Waals surface area contributed by atoms with Crippen LogP contribution in [-0.2, 0) is 0 Å². The summed E-state index contributed by atoms with van der Waals surface area (Å²) in [5.74, 6) is 1.09. The number of hydrogen-bond acceptors (Lipinski definition) is 1. The zero-order valence-electron chi connectivity index (χ0n) is 5.47. The van der Waals surface area contributed by atoms with Crippen molar-refractivity contribution in [1.82, 2.24) is 4.98 Å². The molecule has 1 heterocycles. The average molecular weight is 136 g/mol. The summed E-state index contributed by atoms with van der Waals surface area (Å²) in [7, 11) is 0. The summed E-state index contributed by atoms with van der Waals surface area (Å²) in [6.07, 6.45) is 3.54. The lowest BCUT2D eigenvalue weighted by Crippen LogP contribution is -1.85. The van der Waals surface area contributed by atoms with Crippen molar-refractivity contribution < 1.29 is 4.39 Å². The van der Waals surface area contributed by atoms with Crippen molar-refractivity contribution in [2.24, 2.45) is 0 Å². The largest absolute Gasteiger partial charge is 0.258 e. The van der Waals surface area contributed by atoms with Gasteiger partial charge < -0.3 is 0 Å². The van der Waals surface area contributed by atoms with E-state index in [4.69, 9.17) is 0 Å². The fourth-order valence-electron chi connectivity index (χ4n) is 0.904. The first-order chi connectivity index (χ1) is 4.86. The van der Waals surface area contributed by atoms with Gasteiger partial charge in [-0.05, 0) is 25.0 Å². The van der Waals surface area contributed by atoms with E-state index in [1.807, 2.05) is 0 Å². The van der Waals surface area contributed by atoms with Gasteiger partial charge in [-0.25, -0.2) is 4.39 Å². The van der Waals surface area contributed by atoms with Crippen molar-refractivity contribution in [1.29, 1.82) is 0 Å². The van der Waals surface area contributed by atoms with Crippen LogP contribution in [0.1, 0.15) is 18.5 Å². The maximum atomic E-state index is 12.3. The van der Waals surface area contributed by atoms with Crippen molar-refractivity contribution in [2.45, 2.75) is 12.8 Å². The molecule has 2 heteroatoms. The topological polar surface area (TPSA) is 12.9 Å². The molecule has 1 aliphatic rings. The Morgan fingerprint density at radius 1 is 1.30 bits per heavy atom. The highest BCUT2D eigenvalue weighted by atomic mass is 19.1. The van der Waals surface area contributed by atoms with Gasteiger partial charge in [-0.2, -0.15) is 0 Å². The molecule has 0 spiro atoms. The van der Waals surface area contributed by atoms with E-state index in [0.29, 0.717) is 0 Å². The first-order valence-corrected chi connectivity index (χ1v) is 3.33. The SMILES string of the molecule is Fc1ccc([C]2CC2)nc1. The van der Waals surface area contributed by atoms with Crippen LogP contribution in [0.15, 0.2) is 18.3 Å². The maximum Gasteiger partial charge on any atom is 0.141 e. The molecular formula is C8H7FN. The van der Waals surface area contributed by atoms with Gasteiger partial charge in [0.1, 0.15) is 5.82 Å². The first kappa shape index (κ1) is 5.83. The van der Waals surface area contributed by atoms with Gasteiger partial charge in [-0.15, -0.1) is 0 Å². The highest BCUT2D eigenvalue weighted by Crippen LogP contribution is 2.37. The lowest BCUT2D eigenvalue weighted by atomic mass is 10.2. The highest BCUT2D eigenvalue weighted by molar-refractivity contribution is 5.30. The number of halogens is 1. The lowest BCUT2D eigenvalue weighted by molar-refractivity contribution is 0.620. The van der Waals surface area contributed by atoms with Gasteiger partial charge in [-0.3, -0.25) is 4.98 Å². The lowest BCUT2D eigenvalue weighted by Gasteiger charge is -1.92. The summed E-state index contributed by atoms with van der Waals surface area (Å²) in [5.41, 5.74) is 0.960. The fraction of sp³-hybridized carbons (Fsp3) is 0.250. The minimum Gasteiger partial charge on any atom is -0.258 e. The number of rotatable bonds is 1. The Kier molecular flexibility index (Phi) is 1.19. The predicted octanol–water partition coefficient (Wildman–Crippen LogP) is 1.94. The molecule has 0 unspecified atom stereocenters. The summed E-state index contributed by atoms with van der Waals surface area (Å²) >= 11 is 0. The number of hydrogen-bond donors (Lipinski definition) is 0. The van der Waals surface area contributed by atoms with Crippen molar-refractivity contribution in [3.63, 3.8) is 0 Å². The van der Waals surface area contributed by atoms with E-state index in [1.165, 1.54) is 18.2 Å². The molecule has 51 valence electrons. The maximum absolute atomic E-state index is 12.3. The number of aromatic nitrogens is 1. The van der Waals surface area contributed by atoms with Crippen LogP contribution in [0.25, 0.3) is 0 Å². The van der Waals surface area contributed by atoms with E-state index in [2.05, 4.69) is 4.98 Å². The minimum absolute atomic E-state index is 0.259. The molecule has 10 heavy (non-hydrogen) atoms. The molecule has 0 amide bonds. The van der Waals surface area contributed by atoms with E-state index in [9.17, 15) is 4.39 Å². The first-order valence-electron chi connectivity index (χ1n) is 3.33. The van der Waals surface area contributed by atoms with Crippen LogP contribution in [0.2, 0.25) is 0 Å². The van der Waals surface area contributed by atoms with E-state index in [-0.39, 0.29) is 5.82 Å². The van der Waals surface area contributed by atoms with Gasteiger partial charge in [-0.1, -0.05) is 0 Å². The molecule has 2 rings (SSSR count). The summed E-state index contributed by atoms with van der Waals surface area (Å²) in [5, 5.41) is 0. The summed E-state index contributed by atoms with van der Waals surface area (Å²) in [4.78, 5) is 3.93. The van der Waals surface area contributed by atoms with E-state index >= 15 is 0 Å². The zero-order chi connectivity index (χ0) is 6.97. The summed E-state index contributed by atoms with van der Waals surface area (Å²) < 4.78 is 12.3. The monoisotopic (exact) mass is 136 g/mol. The Morgan fingerprint density at radius 2 is 2.10 bits per heavy atom. The van der Waals surface area contributed by atoms with Crippen LogP contribution < -0.4 is 0 Å². The Labute approximate surface area is 58.9 Å². The molecule has 0 N–H and O–H groups in total. The predicted molar refractivity (Wildman–Crippen MR) is 35.8 cm³/mol. The van der Waals surface area contributed by atoms with Crippen LogP contribution >= 0.6 is 0 Å². The van der Waals surface area contributed by atoms with Crippen molar-refractivity contribution in [3.8, 4) is 0 Å². The van der Waals surface area contributed by atoms with Crippen LogP contribution in [0, 0.1) is 11.7 Å². The van der Waals surface area contributed by atoms with E-state index < -0.39 is 0 Å². The molecule has 1 saturated carbocycles. The van der Waals surface area contributed by atoms with Crippen molar-refractivity contribution in [2.75, 3.05) is 0 Å². The fourth-order valence-corrected chi connectivity index (χ4v) is 0.904. The molecule has 1 nitrogen and oxygen atoms in total. The number of pyridine rings is 1. The highest BCUT2D eigenvalue weighted by Gasteiger charge is 2.25. The molecule has 1 aliphatic carbocycles. The van der Waals surface area contributed by atoms with Gasteiger partial charge in [0, 0.05) is 11.6 Å². The Morgan fingerprint density at radius 3 is 2.60 bits per heavy atom. The second kappa shape index (κ2) is 2.04. The van der Waals surface area contributed by atoms with E-state index in [0.717, 1.165) is 18.5 Å². The molecule has 0 saturated heterocycles. The second-order valence-corrected chi connectivity index (χ2v) is 2.47. The Balaban J connectivity index is 2.28. The zero-order valence-corrected chi connectivity index (χ0v) is 5.47. The second-order valence-electron chi connectivity index (χ2n) is 2.47.